The molecule has 12 nitrogen and oxygen atoms in total. The number of aryl methyl sites for hydroxylation is 1. The molecule has 0 radical (unpaired) electrons. The van der Waals surface area contributed by atoms with E-state index in [1.54, 1.807) is 49.4 Å². The smallest absolute Gasteiger partial charge is 0.430 e. The SMILES string of the molecule is CCOC(=O)C[C@H](NC(=O)[C@H](CC(C)C)N1C(=O)N(Cc2ccc(NC(=O)Nc3ccccc3C)c(OC)c2)C(C(F)(F)F)(C(F)(F)F)C1=O)c1ccccc1. The van der Waals surface area contributed by atoms with Gasteiger partial charge in [-0.3, -0.25) is 19.3 Å². The van der Waals surface area contributed by atoms with Crippen LogP contribution in [-0.4, -0.2) is 77.3 Å². The van der Waals surface area contributed by atoms with E-state index in [0.29, 0.717) is 11.3 Å². The second-order valence-electron chi connectivity index (χ2n) is 13.3. The van der Waals surface area contributed by atoms with Gasteiger partial charge in [-0.15, -0.1) is 0 Å². The Morgan fingerprint density at radius 3 is 2.04 bits per heavy atom. The Kier molecular flexibility index (Phi) is 13.3. The number of benzene rings is 3. The predicted octanol–water partition coefficient (Wildman–Crippen LogP) is 7.50. The van der Waals surface area contributed by atoms with Crippen LogP contribution < -0.4 is 20.7 Å². The summed E-state index contributed by atoms with van der Waals surface area (Å²) in [6.45, 7) is 4.79. The van der Waals surface area contributed by atoms with E-state index in [4.69, 9.17) is 9.47 Å². The van der Waals surface area contributed by atoms with Crippen LogP contribution in [0, 0.1) is 12.8 Å². The lowest BCUT2D eigenvalue weighted by Gasteiger charge is -2.37. The molecule has 2 atom stereocenters. The summed E-state index contributed by atoms with van der Waals surface area (Å²) in [5.74, 6) is -5.62. The molecule has 56 heavy (non-hydrogen) atoms. The molecule has 1 saturated heterocycles. The summed E-state index contributed by atoms with van der Waals surface area (Å²) in [4.78, 5) is 66.1. The maximum absolute atomic E-state index is 15.0. The lowest BCUT2D eigenvalue weighted by molar-refractivity contribution is -0.315. The number of ether oxygens (including phenoxy) is 2. The molecular formula is C38H41F6N5O7. The molecular weight excluding hydrogens is 752 g/mol. The zero-order valence-electron chi connectivity index (χ0n) is 31.0. The van der Waals surface area contributed by atoms with Crippen LogP contribution in [0.15, 0.2) is 72.8 Å². The Morgan fingerprint density at radius 1 is 0.857 bits per heavy atom. The molecule has 302 valence electrons. The standard InChI is InChI=1S/C38H41F6N5O7/c1-6-56-31(50)20-28(25-13-8-7-9-14-25)45-32(51)29(18-22(2)3)49-33(52)36(37(39,40)41,38(42,43)44)48(35(49)54)21-24-16-17-27(30(19-24)55-5)47-34(53)46-26-15-11-10-12-23(26)4/h7-17,19,22,28-29H,6,18,20-21H2,1-5H3,(H,45,51)(H2,46,47,53)/t28-,29-/m0/s1. The van der Waals surface area contributed by atoms with Crippen LogP contribution in [0.4, 0.5) is 47.3 Å². The summed E-state index contributed by atoms with van der Waals surface area (Å²) in [7, 11) is 1.13. The third-order valence-electron chi connectivity index (χ3n) is 8.94. The average Bonchev–Trinajstić information content (AvgIpc) is 3.34. The fraction of sp³-hybridized carbons (Fsp3) is 0.395. The van der Waals surface area contributed by atoms with Crippen LogP contribution in [0.3, 0.4) is 0 Å². The van der Waals surface area contributed by atoms with Crippen molar-refractivity contribution in [3.63, 3.8) is 0 Å². The zero-order chi connectivity index (χ0) is 41.6. The first-order valence-electron chi connectivity index (χ1n) is 17.4. The Bertz CT molecular complexity index is 1910. The first-order chi connectivity index (χ1) is 26.3. The van der Waals surface area contributed by atoms with Gasteiger partial charge in [0.25, 0.3) is 5.91 Å². The Morgan fingerprint density at radius 2 is 1.46 bits per heavy atom. The summed E-state index contributed by atoms with van der Waals surface area (Å²) in [6, 6.07) is 11.6. The van der Waals surface area contributed by atoms with Crippen LogP contribution in [0.1, 0.15) is 56.3 Å². The molecule has 4 rings (SSSR count). The first kappa shape index (κ1) is 42.9. The van der Waals surface area contributed by atoms with Crippen molar-refractivity contribution in [3.8, 4) is 5.75 Å². The summed E-state index contributed by atoms with van der Waals surface area (Å²) in [5, 5.41) is 7.54. The number of amides is 6. The quantitative estimate of drug-likeness (QED) is 0.0871. The van der Waals surface area contributed by atoms with Gasteiger partial charge in [-0.2, -0.15) is 26.3 Å². The summed E-state index contributed by atoms with van der Waals surface area (Å²) < 4.78 is 100. The summed E-state index contributed by atoms with van der Waals surface area (Å²) in [6.07, 6.45) is -13.9. The molecule has 0 unspecified atom stereocenters. The van der Waals surface area contributed by atoms with Gasteiger partial charge >= 0.3 is 35.9 Å². The maximum atomic E-state index is 15.0. The first-order valence-corrected chi connectivity index (χ1v) is 17.4. The molecule has 0 bridgehead atoms. The van der Waals surface area contributed by atoms with E-state index in [1.165, 1.54) is 32.9 Å². The molecule has 3 aromatic carbocycles. The minimum atomic E-state index is -6.43. The Hall–Kier alpha value is -5.81. The summed E-state index contributed by atoms with van der Waals surface area (Å²) >= 11 is 0. The second kappa shape index (κ2) is 17.3. The van der Waals surface area contributed by atoms with Crippen LogP contribution in [-0.2, 0) is 25.7 Å². The number of methoxy groups -OCH3 is 1. The summed E-state index contributed by atoms with van der Waals surface area (Å²) in [5.41, 5.74) is -4.28. The molecule has 0 spiro atoms. The Balaban J connectivity index is 1.74. The number of carbonyl (C=O) groups is 5. The highest BCUT2D eigenvalue weighted by atomic mass is 19.4. The van der Waals surface area contributed by atoms with Crippen LogP contribution in [0.25, 0.3) is 0 Å². The molecule has 18 heteroatoms. The van der Waals surface area contributed by atoms with Crippen molar-refractivity contribution in [2.45, 2.75) is 77.1 Å². The molecule has 1 fully saturated rings. The van der Waals surface area contributed by atoms with Crippen molar-refractivity contribution in [2.75, 3.05) is 24.4 Å². The fourth-order valence-corrected chi connectivity index (χ4v) is 6.30. The van der Waals surface area contributed by atoms with E-state index in [0.717, 1.165) is 30.9 Å². The number of esters is 1. The number of para-hydroxylation sites is 1. The molecule has 0 aromatic heterocycles. The normalized spacial score (nSPS) is 15.4. The zero-order valence-corrected chi connectivity index (χ0v) is 31.0. The third kappa shape index (κ3) is 9.00. The molecule has 1 aliphatic rings. The van der Waals surface area contributed by atoms with Crippen LogP contribution in [0.5, 0.6) is 5.75 Å². The van der Waals surface area contributed by atoms with Crippen molar-refractivity contribution < 1.29 is 59.8 Å². The van der Waals surface area contributed by atoms with Gasteiger partial charge in [-0.1, -0.05) is 68.4 Å². The Labute approximate surface area is 318 Å². The van der Waals surface area contributed by atoms with Crippen LogP contribution >= 0.6 is 0 Å². The molecule has 1 heterocycles. The van der Waals surface area contributed by atoms with Gasteiger partial charge in [0.05, 0.1) is 31.9 Å². The number of imide groups is 1. The molecule has 0 saturated carbocycles. The second-order valence-corrected chi connectivity index (χ2v) is 13.3. The number of hydrogen-bond acceptors (Lipinski definition) is 7. The highest BCUT2D eigenvalue weighted by Crippen LogP contribution is 2.53. The number of carbonyl (C=O) groups excluding carboxylic acids is 5. The molecule has 3 N–H and O–H groups in total. The van der Waals surface area contributed by atoms with Gasteiger partial charge in [0.2, 0.25) is 5.91 Å². The number of hydrogen-bond donors (Lipinski definition) is 3. The number of nitrogens with one attached hydrogen (secondary N) is 3. The topological polar surface area (TPSA) is 146 Å². The van der Waals surface area contributed by atoms with E-state index >= 15 is 26.3 Å². The van der Waals surface area contributed by atoms with Gasteiger partial charge in [0.1, 0.15) is 11.8 Å². The maximum Gasteiger partial charge on any atom is 0.430 e. The van der Waals surface area contributed by atoms with Crippen molar-refractivity contribution in [3.05, 3.63) is 89.5 Å². The molecule has 1 aliphatic heterocycles. The van der Waals surface area contributed by atoms with Gasteiger partial charge in [-0.25, -0.2) is 14.5 Å². The van der Waals surface area contributed by atoms with Crippen molar-refractivity contribution in [2.24, 2.45) is 5.92 Å². The molecule has 6 amide bonds. The number of anilines is 2. The number of halogens is 6. The predicted molar refractivity (Wildman–Crippen MR) is 191 cm³/mol. The average molecular weight is 794 g/mol. The van der Waals surface area contributed by atoms with Crippen molar-refractivity contribution in [1.29, 1.82) is 0 Å². The number of alkyl halides is 6. The highest BCUT2D eigenvalue weighted by Gasteiger charge is 2.84. The number of urea groups is 2. The monoisotopic (exact) mass is 793 g/mol. The van der Waals surface area contributed by atoms with E-state index < -0.39 is 90.0 Å². The largest absolute Gasteiger partial charge is 0.495 e. The van der Waals surface area contributed by atoms with E-state index in [9.17, 15) is 24.0 Å². The molecule has 3 aromatic rings. The van der Waals surface area contributed by atoms with Crippen LogP contribution in [0.2, 0.25) is 0 Å². The van der Waals surface area contributed by atoms with E-state index in [2.05, 4.69) is 16.0 Å². The highest BCUT2D eigenvalue weighted by molar-refractivity contribution is 6.11. The molecule has 0 aliphatic carbocycles. The minimum Gasteiger partial charge on any atom is -0.495 e. The minimum absolute atomic E-state index is 0.0255. The lowest BCUT2D eigenvalue weighted by atomic mass is 9.93. The van der Waals surface area contributed by atoms with Gasteiger partial charge in [0.15, 0.2) is 0 Å². The third-order valence-corrected chi connectivity index (χ3v) is 8.94. The van der Waals surface area contributed by atoms with Gasteiger partial charge < -0.3 is 25.4 Å². The van der Waals surface area contributed by atoms with Crippen molar-refractivity contribution in [1.82, 2.24) is 15.1 Å². The number of nitrogens with zero attached hydrogens (tertiary/aromatic N) is 2. The van der Waals surface area contributed by atoms with E-state index in [1.807, 2.05) is 0 Å². The van der Waals surface area contributed by atoms with Gasteiger partial charge in [0, 0.05) is 12.2 Å². The van der Waals surface area contributed by atoms with E-state index in [-0.39, 0.29) is 28.5 Å². The fourth-order valence-electron chi connectivity index (χ4n) is 6.30. The number of rotatable bonds is 14. The van der Waals surface area contributed by atoms with Crippen molar-refractivity contribution >= 4 is 41.2 Å². The lowest BCUT2D eigenvalue weighted by Crippen LogP contribution is -2.69. The van der Waals surface area contributed by atoms with Gasteiger partial charge in [-0.05, 0) is 61.1 Å².